The van der Waals surface area contributed by atoms with E-state index in [4.69, 9.17) is 9.15 Å². The van der Waals surface area contributed by atoms with Gasteiger partial charge < -0.3 is 14.5 Å². The van der Waals surface area contributed by atoms with Crippen LogP contribution in [-0.2, 0) is 10.0 Å². The second kappa shape index (κ2) is 10.7. The molecule has 0 spiro atoms. The van der Waals surface area contributed by atoms with Gasteiger partial charge in [0.15, 0.2) is 11.5 Å². The number of furan rings is 1. The summed E-state index contributed by atoms with van der Waals surface area (Å²) >= 11 is 0. The number of nitrogens with zero attached hydrogens (tertiary/aromatic N) is 1. The summed E-state index contributed by atoms with van der Waals surface area (Å²) in [5, 5.41) is 2.69. The summed E-state index contributed by atoms with van der Waals surface area (Å²) in [5.41, 5.74) is 1.60. The number of sulfonamides is 1. The molecule has 0 fully saturated rings. The van der Waals surface area contributed by atoms with Crippen LogP contribution in [0.2, 0.25) is 0 Å². The van der Waals surface area contributed by atoms with Gasteiger partial charge in [-0.05, 0) is 44.2 Å². The zero-order chi connectivity index (χ0) is 24.9. The molecule has 0 aliphatic carbocycles. The van der Waals surface area contributed by atoms with Gasteiger partial charge in [0, 0.05) is 29.9 Å². The normalized spacial score (nSPS) is 11.4. The third-order valence-corrected chi connectivity index (χ3v) is 7.30. The topological polar surface area (TPSA) is 106 Å². The van der Waals surface area contributed by atoms with Gasteiger partial charge in [0.25, 0.3) is 5.91 Å². The fraction of sp³-hybridized carbons (Fsp3) is 0.280. The molecule has 0 bridgehead atoms. The zero-order valence-corrected chi connectivity index (χ0v) is 20.4. The summed E-state index contributed by atoms with van der Waals surface area (Å²) in [5.74, 6) is 0.192. The fourth-order valence-electron chi connectivity index (χ4n) is 3.44. The number of hydrogen-bond acceptors (Lipinski definition) is 6. The number of nitrogens with one attached hydrogen (secondary N) is 1. The standard InChI is InChI=1S/C25H28N2O6S/c1-5-27(6-2)34(30,31)24-16-20(12-13-22(24)32-7-3)26-25(29)23-15-14-21(33-23)19-10-8-18(9-11-19)17(4)28/h8-16H,5-7H2,1-4H3,(H,26,29). The number of carbonyl (C=O) groups excluding carboxylic acids is 2. The van der Waals surface area contributed by atoms with Gasteiger partial charge in [-0.3, -0.25) is 9.59 Å². The summed E-state index contributed by atoms with van der Waals surface area (Å²) in [6.45, 7) is 7.70. The van der Waals surface area contributed by atoms with Crippen LogP contribution < -0.4 is 10.1 Å². The van der Waals surface area contributed by atoms with Gasteiger partial charge in [0.2, 0.25) is 10.0 Å². The SMILES string of the molecule is CCOc1ccc(NC(=O)c2ccc(-c3ccc(C(C)=O)cc3)o2)cc1S(=O)(=O)N(CC)CC. The Bertz CT molecular complexity index is 1270. The maximum Gasteiger partial charge on any atom is 0.291 e. The van der Waals surface area contributed by atoms with E-state index >= 15 is 0 Å². The molecule has 180 valence electrons. The van der Waals surface area contributed by atoms with E-state index in [-0.39, 0.29) is 22.2 Å². The molecule has 9 heteroatoms. The molecule has 2 aromatic carbocycles. The number of hydrogen-bond donors (Lipinski definition) is 1. The molecular weight excluding hydrogens is 456 g/mol. The largest absolute Gasteiger partial charge is 0.492 e. The molecule has 1 amide bonds. The first-order valence-electron chi connectivity index (χ1n) is 11.0. The van der Waals surface area contributed by atoms with Crippen LogP contribution in [0.3, 0.4) is 0 Å². The highest BCUT2D eigenvalue weighted by Crippen LogP contribution is 2.30. The monoisotopic (exact) mass is 484 g/mol. The summed E-state index contributed by atoms with van der Waals surface area (Å²) < 4.78 is 38.8. The van der Waals surface area contributed by atoms with Crippen molar-refractivity contribution in [3.63, 3.8) is 0 Å². The van der Waals surface area contributed by atoms with E-state index in [0.29, 0.717) is 36.7 Å². The summed E-state index contributed by atoms with van der Waals surface area (Å²) in [6.07, 6.45) is 0. The zero-order valence-electron chi connectivity index (χ0n) is 19.6. The van der Waals surface area contributed by atoms with Crippen LogP contribution in [0, 0.1) is 0 Å². The van der Waals surface area contributed by atoms with Crippen LogP contribution in [0.5, 0.6) is 5.75 Å². The van der Waals surface area contributed by atoms with Crippen LogP contribution in [0.1, 0.15) is 48.6 Å². The predicted molar refractivity (Wildman–Crippen MR) is 130 cm³/mol. The van der Waals surface area contributed by atoms with E-state index in [1.807, 2.05) is 0 Å². The summed E-state index contributed by atoms with van der Waals surface area (Å²) in [6, 6.07) is 14.6. The molecule has 34 heavy (non-hydrogen) atoms. The molecule has 3 rings (SSSR count). The Balaban J connectivity index is 1.86. The van der Waals surface area contributed by atoms with Crippen molar-refractivity contribution >= 4 is 27.4 Å². The smallest absolute Gasteiger partial charge is 0.291 e. The van der Waals surface area contributed by atoms with Gasteiger partial charge in [0.1, 0.15) is 16.4 Å². The first kappa shape index (κ1) is 25.2. The van der Waals surface area contributed by atoms with Crippen LogP contribution >= 0.6 is 0 Å². The van der Waals surface area contributed by atoms with Crippen LogP contribution in [0.4, 0.5) is 5.69 Å². The quantitative estimate of drug-likeness (QED) is 0.413. The number of ether oxygens (including phenoxy) is 1. The molecular formula is C25H28N2O6S. The molecule has 0 atom stereocenters. The Hall–Kier alpha value is -3.43. The number of benzene rings is 2. The lowest BCUT2D eigenvalue weighted by Gasteiger charge is -2.21. The first-order valence-corrected chi connectivity index (χ1v) is 12.4. The Morgan fingerprint density at radius 1 is 0.971 bits per heavy atom. The van der Waals surface area contributed by atoms with Gasteiger partial charge in [0.05, 0.1) is 6.61 Å². The van der Waals surface area contributed by atoms with Crippen LogP contribution in [0.15, 0.2) is 63.9 Å². The summed E-state index contributed by atoms with van der Waals surface area (Å²) in [7, 11) is -3.81. The number of carbonyl (C=O) groups is 2. The molecule has 1 N–H and O–H groups in total. The van der Waals surface area contributed by atoms with Crippen molar-refractivity contribution in [2.24, 2.45) is 0 Å². The highest BCUT2D eigenvalue weighted by Gasteiger charge is 2.26. The van der Waals surface area contributed by atoms with Gasteiger partial charge in [-0.25, -0.2) is 8.42 Å². The Morgan fingerprint density at radius 3 is 2.24 bits per heavy atom. The number of anilines is 1. The molecule has 1 heterocycles. The minimum atomic E-state index is -3.81. The number of rotatable bonds is 10. The van der Waals surface area contributed by atoms with Gasteiger partial charge in [-0.1, -0.05) is 38.1 Å². The van der Waals surface area contributed by atoms with E-state index in [0.717, 1.165) is 5.56 Å². The second-order valence-corrected chi connectivity index (χ2v) is 9.34. The Kier molecular flexibility index (Phi) is 7.90. The minimum absolute atomic E-state index is 0.0125. The van der Waals surface area contributed by atoms with E-state index in [9.17, 15) is 18.0 Å². The third kappa shape index (κ3) is 5.37. The molecule has 8 nitrogen and oxygen atoms in total. The van der Waals surface area contributed by atoms with Gasteiger partial charge in [-0.2, -0.15) is 4.31 Å². The lowest BCUT2D eigenvalue weighted by Crippen LogP contribution is -2.31. The van der Waals surface area contributed by atoms with E-state index in [2.05, 4.69) is 5.32 Å². The van der Waals surface area contributed by atoms with Crippen molar-refractivity contribution in [2.75, 3.05) is 25.0 Å². The molecule has 0 saturated carbocycles. The molecule has 0 unspecified atom stereocenters. The molecule has 3 aromatic rings. The molecule has 1 aromatic heterocycles. The maximum absolute atomic E-state index is 13.1. The highest BCUT2D eigenvalue weighted by molar-refractivity contribution is 7.89. The predicted octanol–water partition coefficient (Wildman–Crippen LogP) is 4.83. The number of amides is 1. The molecule has 0 saturated heterocycles. The van der Waals surface area contributed by atoms with Crippen molar-refractivity contribution in [1.82, 2.24) is 4.31 Å². The highest BCUT2D eigenvalue weighted by atomic mass is 32.2. The summed E-state index contributed by atoms with van der Waals surface area (Å²) in [4.78, 5) is 24.2. The first-order chi connectivity index (χ1) is 16.2. The van der Waals surface area contributed by atoms with Crippen molar-refractivity contribution < 1.29 is 27.2 Å². The van der Waals surface area contributed by atoms with E-state index in [1.54, 1.807) is 57.2 Å². The van der Waals surface area contributed by atoms with Crippen LogP contribution in [0.25, 0.3) is 11.3 Å². The number of ketones is 1. The number of Topliss-reactive ketones (excluding diaryl/α,β-unsaturated/α-hetero) is 1. The minimum Gasteiger partial charge on any atom is -0.492 e. The third-order valence-electron chi connectivity index (χ3n) is 5.23. The maximum atomic E-state index is 13.1. The second-order valence-electron chi connectivity index (χ2n) is 7.44. The molecule has 0 radical (unpaired) electrons. The van der Waals surface area contributed by atoms with Gasteiger partial charge >= 0.3 is 0 Å². The average Bonchev–Trinajstić information content (AvgIpc) is 3.31. The van der Waals surface area contributed by atoms with E-state index in [1.165, 1.54) is 29.4 Å². The lowest BCUT2D eigenvalue weighted by atomic mass is 10.1. The van der Waals surface area contributed by atoms with Crippen molar-refractivity contribution in [1.29, 1.82) is 0 Å². The van der Waals surface area contributed by atoms with Gasteiger partial charge in [-0.15, -0.1) is 0 Å². The lowest BCUT2D eigenvalue weighted by molar-refractivity contribution is 0.0994. The van der Waals surface area contributed by atoms with Crippen molar-refractivity contribution in [3.8, 4) is 17.1 Å². The fourth-order valence-corrected chi connectivity index (χ4v) is 5.06. The van der Waals surface area contributed by atoms with Crippen molar-refractivity contribution in [2.45, 2.75) is 32.6 Å². The van der Waals surface area contributed by atoms with Crippen LogP contribution in [-0.4, -0.2) is 44.1 Å². The van der Waals surface area contributed by atoms with E-state index < -0.39 is 15.9 Å². The molecule has 0 aliphatic heterocycles. The average molecular weight is 485 g/mol. The Morgan fingerprint density at radius 2 is 1.65 bits per heavy atom. The molecule has 0 aliphatic rings. The Labute approximate surface area is 199 Å². The van der Waals surface area contributed by atoms with Crippen molar-refractivity contribution in [3.05, 3.63) is 65.9 Å².